The molecule has 0 saturated heterocycles. The number of nitrogens with one attached hydrogen (secondary N) is 2. The molecule has 0 radical (unpaired) electrons. The molecule has 2 aromatic carbocycles. The number of para-hydroxylation sites is 2. The number of hydrogen-bond acceptors (Lipinski definition) is 4. The number of aliphatic hydroxyl groups excluding tert-OH is 1. The van der Waals surface area contributed by atoms with Crippen molar-refractivity contribution in [2.75, 3.05) is 19.6 Å². The second-order valence-corrected chi connectivity index (χ2v) is 8.30. The number of H-pyrrole nitrogens is 1. The van der Waals surface area contributed by atoms with Gasteiger partial charge in [-0.05, 0) is 29.7 Å². The smallest absolute Gasteiger partial charge is 0.220 e. The maximum atomic E-state index is 12.2. The second kappa shape index (κ2) is 9.41. The molecular formula is C24H30N4O2. The Balaban J connectivity index is 1.19. The molecule has 0 fully saturated rings. The predicted molar refractivity (Wildman–Crippen MR) is 118 cm³/mol. The number of rotatable bonds is 8. The SMILES string of the molecule is CC(CNC(=O)CCc1nc2ccccc2[nH]1)C(O)CN1CCc2ccccc2C1. The number of benzene rings is 2. The molecule has 2 heterocycles. The van der Waals surface area contributed by atoms with Crippen LogP contribution in [0.4, 0.5) is 0 Å². The molecule has 3 N–H and O–H groups in total. The van der Waals surface area contributed by atoms with Crippen LogP contribution in [0.15, 0.2) is 48.5 Å². The Morgan fingerprint density at radius 2 is 1.97 bits per heavy atom. The van der Waals surface area contributed by atoms with E-state index in [9.17, 15) is 9.90 Å². The first-order valence-corrected chi connectivity index (χ1v) is 10.8. The molecule has 158 valence electrons. The van der Waals surface area contributed by atoms with Gasteiger partial charge in [-0.25, -0.2) is 4.98 Å². The fourth-order valence-corrected chi connectivity index (χ4v) is 4.01. The van der Waals surface area contributed by atoms with Crippen molar-refractivity contribution in [2.45, 2.75) is 38.8 Å². The number of β-amino-alcohol motifs (C(OH)–C–C–N with tert-alkyl or cyclic N) is 1. The molecule has 0 aliphatic carbocycles. The normalized spacial score (nSPS) is 16.2. The lowest BCUT2D eigenvalue weighted by molar-refractivity contribution is -0.121. The number of nitrogens with zero attached hydrogens (tertiary/aromatic N) is 2. The quantitative estimate of drug-likeness (QED) is 0.537. The number of carbonyl (C=O) groups excluding carboxylic acids is 1. The Morgan fingerprint density at radius 3 is 2.80 bits per heavy atom. The number of aliphatic hydroxyl groups is 1. The van der Waals surface area contributed by atoms with Crippen molar-refractivity contribution >= 4 is 16.9 Å². The Labute approximate surface area is 177 Å². The highest BCUT2D eigenvalue weighted by Crippen LogP contribution is 2.19. The van der Waals surface area contributed by atoms with Crippen LogP contribution >= 0.6 is 0 Å². The predicted octanol–water partition coefficient (Wildman–Crippen LogP) is 2.67. The molecule has 3 aromatic rings. The average molecular weight is 407 g/mol. The summed E-state index contributed by atoms with van der Waals surface area (Å²) in [5.74, 6) is 0.809. The molecule has 2 unspecified atom stereocenters. The van der Waals surface area contributed by atoms with E-state index < -0.39 is 6.10 Å². The van der Waals surface area contributed by atoms with Crippen molar-refractivity contribution < 1.29 is 9.90 Å². The molecule has 1 amide bonds. The first kappa shape index (κ1) is 20.6. The minimum absolute atomic E-state index is 0.00248. The first-order valence-electron chi connectivity index (χ1n) is 10.8. The van der Waals surface area contributed by atoms with Crippen LogP contribution in [0.25, 0.3) is 11.0 Å². The third-order valence-electron chi connectivity index (χ3n) is 5.96. The van der Waals surface area contributed by atoms with Gasteiger partial charge < -0.3 is 15.4 Å². The van der Waals surface area contributed by atoms with Crippen molar-refractivity contribution in [1.29, 1.82) is 0 Å². The number of aromatic amines is 1. The summed E-state index contributed by atoms with van der Waals surface area (Å²) in [6.07, 6.45) is 1.51. The molecule has 30 heavy (non-hydrogen) atoms. The van der Waals surface area contributed by atoms with Crippen molar-refractivity contribution in [1.82, 2.24) is 20.2 Å². The third-order valence-corrected chi connectivity index (χ3v) is 5.96. The summed E-state index contributed by atoms with van der Waals surface area (Å²) in [7, 11) is 0. The van der Waals surface area contributed by atoms with Gasteiger partial charge in [0.2, 0.25) is 5.91 Å². The molecule has 1 aromatic heterocycles. The number of aromatic nitrogens is 2. The van der Waals surface area contributed by atoms with E-state index in [1.807, 2.05) is 31.2 Å². The van der Waals surface area contributed by atoms with Crippen LogP contribution in [-0.2, 0) is 24.2 Å². The number of carbonyl (C=O) groups is 1. The standard InChI is InChI=1S/C24H30N4O2/c1-17(22(29)16-28-13-12-18-6-2-3-7-19(18)15-28)14-25-24(30)11-10-23-26-20-8-4-5-9-21(20)27-23/h2-9,17,22,29H,10-16H2,1H3,(H,25,30)(H,26,27). The number of imidazole rings is 1. The molecule has 2 atom stereocenters. The molecule has 0 spiro atoms. The fourth-order valence-electron chi connectivity index (χ4n) is 4.01. The van der Waals surface area contributed by atoms with Gasteiger partial charge in [-0.3, -0.25) is 9.69 Å². The van der Waals surface area contributed by atoms with Gasteiger partial charge in [0.05, 0.1) is 17.1 Å². The number of fused-ring (bicyclic) bond motifs is 2. The molecule has 0 saturated carbocycles. The Morgan fingerprint density at radius 1 is 1.20 bits per heavy atom. The highest BCUT2D eigenvalue weighted by atomic mass is 16.3. The Bertz CT molecular complexity index is 967. The van der Waals surface area contributed by atoms with Gasteiger partial charge in [-0.2, -0.15) is 0 Å². The topological polar surface area (TPSA) is 81.2 Å². The van der Waals surface area contributed by atoms with Crippen molar-refractivity contribution in [3.8, 4) is 0 Å². The van der Waals surface area contributed by atoms with Gasteiger partial charge in [-0.1, -0.05) is 43.3 Å². The lowest BCUT2D eigenvalue weighted by atomic mass is 9.98. The van der Waals surface area contributed by atoms with E-state index in [-0.39, 0.29) is 11.8 Å². The lowest BCUT2D eigenvalue weighted by Crippen LogP contribution is -2.42. The van der Waals surface area contributed by atoms with E-state index >= 15 is 0 Å². The van der Waals surface area contributed by atoms with Crippen LogP contribution in [0, 0.1) is 5.92 Å². The monoisotopic (exact) mass is 406 g/mol. The molecule has 6 heteroatoms. The summed E-state index contributed by atoms with van der Waals surface area (Å²) in [5, 5.41) is 13.6. The lowest BCUT2D eigenvalue weighted by Gasteiger charge is -2.32. The Kier molecular flexibility index (Phi) is 6.45. The molecule has 6 nitrogen and oxygen atoms in total. The third kappa shape index (κ3) is 5.07. The summed E-state index contributed by atoms with van der Waals surface area (Å²) < 4.78 is 0. The van der Waals surface area contributed by atoms with Crippen molar-refractivity contribution in [3.63, 3.8) is 0 Å². The Hall–Kier alpha value is -2.70. The van der Waals surface area contributed by atoms with Crippen molar-refractivity contribution in [3.05, 3.63) is 65.5 Å². The average Bonchev–Trinajstić information content (AvgIpc) is 3.19. The maximum absolute atomic E-state index is 12.2. The minimum atomic E-state index is -0.467. The van der Waals surface area contributed by atoms with Gasteiger partial charge in [-0.15, -0.1) is 0 Å². The highest BCUT2D eigenvalue weighted by molar-refractivity contribution is 5.77. The van der Waals surface area contributed by atoms with E-state index in [1.54, 1.807) is 0 Å². The van der Waals surface area contributed by atoms with E-state index in [0.717, 1.165) is 36.4 Å². The van der Waals surface area contributed by atoms with Crippen LogP contribution in [-0.4, -0.2) is 51.6 Å². The van der Waals surface area contributed by atoms with Crippen LogP contribution in [0.3, 0.4) is 0 Å². The minimum Gasteiger partial charge on any atom is -0.391 e. The van der Waals surface area contributed by atoms with Crippen molar-refractivity contribution in [2.24, 2.45) is 5.92 Å². The zero-order valence-electron chi connectivity index (χ0n) is 17.5. The summed E-state index contributed by atoms with van der Waals surface area (Å²) in [5.41, 5.74) is 4.67. The molecule has 0 bridgehead atoms. The summed E-state index contributed by atoms with van der Waals surface area (Å²) in [6.45, 7) is 4.94. The van der Waals surface area contributed by atoms with Crippen LogP contribution in [0.5, 0.6) is 0 Å². The highest BCUT2D eigenvalue weighted by Gasteiger charge is 2.22. The van der Waals surface area contributed by atoms with Gasteiger partial charge in [0, 0.05) is 44.9 Å². The van der Waals surface area contributed by atoms with E-state index in [4.69, 9.17) is 0 Å². The van der Waals surface area contributed by atoms with Gasteiger partial charge in [0.1, 0.15) is 5.82 Å². The molecular weight excluding hydrogens is 376 g/mol. The molecule has 4 rings (SSSR count). The van der Waals surface area contributed by atoms with E-state index in [1.165, 1.54) is 11.1 Å². The zero-order valence-corrected chi connectivity index (χ0v) is 17.5. The summed E-state index contributed by atoms with van der Waals surface area (Å²) >= 11 is 0. The number of hydrogen-bond donors (Lipinski definition) is 3. The van der Waals surface area contributed by atoms with Gasteiger partial charge in [0.15, 0.2) is 0 Å². The molecule has 1 aliphatic rings. The fraction of sp³-hybridized carbons (Fsp3) is 0.417. The molecule has 1 aliphatic heterocycles. The zero-order chi connectivity index (χ0) is 20.9. The van der Waals surface area contributed by atoms with E-state index in [2.05, 4.69) is 44.5 Å². The van der Waals surface area contributed by atoms with Crippen LogP contribution < -0.4 is 5.32 Å². The summed E-state index contributed by atoms with van der Waals surface area (Å²) in [6, 6.07) is 16.4. The number of amides is 1. The van der Waals surface area contributed by atoms with Crippen LogP contribution in [0.1, 0.15) is 30.3 Å². The van der Waals surface area contributed by atoms with Crippen LogP contribution in [0.2, 0.25) is 0 Å². The maximum Gasteiger partial charge on any atom is 0.220 e. The number of aryl methyl sites for hydroxylation is 1. The largest absolute Gasteiger partial charge is 0.391 e. The second-order valence-electron chi connectivity index (χ2n) is 8.30. The van der Waals surface area contributed by atoms with Gasteiger partial charge >= 0.3 is 0 Å². The first-order chi connectivity index (χ1) is 14.6. The van der Waals surface area contributed by atoms with E-state index in [0.29, 0.717) is 25.9 Å². The van der Waals surface area contributed by atoms with Gasteiger partial charge in [0.25, 0.3) is 0 Å². The summed E-state index contributed by atoms with van der Waals surface area (Å²) in [4.78, 5) is 22.3.